The molecule has 6 nitrogen and oxygen atoms in total. The van der Waals surface area contributed by atoms with Crippen LogP contribution in [0.15, 0.2) is 0 Å². The van der Waals surface area contributed by atoms with E-state index < -0.39 is 7.82 Å². The molecular weight excluding hydrogens is 247 g/mol. The Labute approximate surface area is 102 Å². The lowest BCUT2D eigenvalue weighted by atomic mass is 10.2. The van der Waals surface area contributed by atoms with Gasteiger partial charge in [-0.15, -0.1) is 0 Å². The molecule has 0 radical (unpaired) electrons. The van der Waals surface area contributed by atoms with Crippen LogP contribution in [0.1, 0.15) is 45.4 Å². The van der Waals surface area contributed by atoms with Crippen molar-refractivity contribution in [2.45, 2.75) is 45.4 Å². The van der Waals surface area contributed by atoms with Crippen LogP contribution in [-0.2, 0) is 18.6 Å². The Morgan fingerprint density at radius 3 is 2.24 bits per heavy atom. The molecule has 102 valence electrons. The van der Waals surface area contributed by atoms with Crippen molar-refractivity contribution >= 4 is 13.8 Å². The largest absolute Gasteiger partial charge is 0.469 e. The van der Waals surface area contributed by atoms with Crippen molar-refractivity contribution in [1.29, 1.82) is 0 Å². The second kappa shape index (κ2) is 9.59. The molecule has 0 aromatic heterocycles. The van der Waals surface area contributed by atoms with E-state index in [0.717, 1.165) is 25.7 Å². The third-order valence-electron chi connectivity index (χ3n) is 2.02. The van der Waals surface area contributed by atoms with Gasteiger partial charge in [-0.05, 0) is 25.7 Å². The zero-order chi connectivity index (χ0) is 13.1. The van der Waals surface area contributed by atoms with Crippen LogP contribution in [-0.4, -0.2) is 29.0 Å². The Hall–Kier alpha value is -0.420. The van der Waals surface area contributed by atoms with Crippen LogP contribution >= 0.6 is 7.82 Å². The van der Waals surface area contributed by atoms with E-state index in [-0.39, 0.29) is 12.6 Å². The van der Waals surface area contributed by atoms with Crippen molar-refractivity contribution in [3.8, 4) is 0 Å². The number of phosphoric acid groups is 1. The lowest BCUT2D eigenvalue weighted by molar-refractivity contribution is -0.143. The first-order chi connectivity index (χ1) is 7.95. The fraction of sp³-hybridized carbons (Fsp3) is 0.900. The number of carbonyl (C=O) groups excluding carboxylic acids is 1. The van der Waals surface area contributed by atoms with Crippen molar-refractivity contribution in [2.75, 3.05) is 13.2 Å². The highest BCUT2D eigenvalue weighted by Crippen LogP contribution is 2.35. The average Bonchev–Trinajstić information content (AvgIpc) is 2.21. The molecule has 2 N–H and O–H groups in total. The monoisotopic (exact) mass is 268 g/mol. The van der Waals surface area contributed by atoms with E-state index in [4.69, 9.17) is 14.5 Å². The molecule has 7 heteroatoms. The molecule has 0 aliphatic carbocycles. The minimum atomic E-state index is -4.32. The molecule has 0 aromatic rings. The predicted molar refractivity (Wildman–Crippen MR) is 62.3 cm³/mol. The molecule has 17 heavy (non-hydrogen) atoms. The molecule has 0 aromatic carbocycles. The van der Waals surface area contributed by atoms with Gasteiger partial charge in [0.25, 0.3) is 0 Å². The SMILES string of the molecule is CCCC(=O)OCCCCCCOP(=O)(O)O. The summed E-state index contributed by atoms with van der Waals surface area (Å²) in [5, 5.41) is 0. The van der Waals surface area contributed by atoms with Gasteiger partial charge in [0.15, 0.2) is 0 Å². The third-order valence-corrected chi connectivity index (χ3v) is 2.53. The lowest BCUT2D eigenvalue weighted by Crippen LogP contribution is -2.05. The maximum atomic E-state index is 11.0. The summed E-state index contributed by atoms with van der Waals surface area (Å²) in [6, 6.07) is 0. The molecule has 0 atom stereocenters. The molecule has 0 bridgehead atoms. The first-order valence-corrected chi connectivity index (χ1v) is 7.34. The first kappa shape index (κ1) is 16.6. The van der Waals surface area contributed by atoms with E-state index in [9.17, 15) is 9.36 Å². The van der Waals surface area contributed by atoms with Gasteiger partial charge in [-0.1, -0.05) is 13.3 Å². The van der Waals surface area contributed by atoms with Gasteiger partial charge in [0.2, 0.25) is 0 Å². The molecule has 0 heterocycles. The van der Waals surface area contributed by atoms with Crippen LogP contribution in [0.4, 0.5) is 0 Å². The molecule has 0 saturated heterocycles. The lowest BCUT2D eigenvalue weighted by Gasteiger charge is -2.05. The van der Waals surface area contributed by atoms with Gasteiger partial charge in [0.1, 0.15) is 0 Å². The molecule has 0 saturated carbocycles. The van der Waals surface area contributed by atoms with Crippen molar-refractivity contribution in [2.24, 2.45) is 0 Å². The molecule has 0 rings (SSSR count). The maximum Gasteiger partial charge on any atom is 0.469 e. The van der Waals surface area contributed by atoms with Crippen LogP contribution in [0.3, 0.4) is 0 Å². The number of phosphoric ester groups is 1. The summed E-state index contributed by atoms with van der Waals surface area (Å²) in [6.45, 7) is 2.39. The van der Waals surface area contributed by atoms with E-state index in [0.29, 0.717) is 19.4 Å². The van der Waals surface area contributed by atoms with Crippen LogP contribution in [0.25, 0.3) is 0 Å². The first-order valence-electron chi connectivity index (χ1n) is 5.81. The number of hydrogen-bond donors (Lipinski definition) is 2. The topological polar surface area (TPSA) is 93.1 Å². The fourth-order valence-corrected chi connectivity index (χ4v) is 1.57. The average molecular weight is 268 g/mol. The van der Waals surface area contributed by atoms with Crippen LogP contribution in [0.2, 0.25) is 0 Å². The molecule has 0 aliphatic rings. The number of hydrogen-bond acceptors (Lipinski definition) is 4. The molecule has 0 amide bonds. The maximum absolute atomic E-state index is 11.0. The van der Waals surface area contributed by atoms with Crippen LogP contribution in [0, 0.1) is 0 Å². The Balaban J connectivity index is 3.19. The van der Waals surface area contributed by atoms with E-state index >= 15 is 0 Å². The van der Waals surface area contributed by atoms with E-state index in [1.54, 1.807) is 0 Å². The van der Waals surface area contributed by atoms with Gasteiger partial charge >= 0.3 is 13.8 Å². The second-order valence-electron chi connectivity index (χ2n) is 3.71. The van der Waals surface area contributed by atoms with Crippen molar-refractivity contribution in [1.82, 2.24) is 0 Å². The quantitative estimate of drug-likeness (QED) is 0.357. The minimum Gasteiger partial charge on any atom is -0.466 e. The molecular formula is C10H21O6P. The highest BCUT2D eigenvalue weighted by atomic mass is 31.2. The normalized spacial score (nSPS) is 11.5. The minimum absolute atomic E-state index is 0.0555. The Bertz CT molecular complexity index is 249. The fourth-order valence-electron chi connectivity index (χ4n) is 1.20. The second-order valence-corrected chi connectivity index (χ2v) is 4.95. The van der Waals surface area contributed by atoms with Gasteiger partial charge in [-0.2, -0.15) is 0 Å². The van der Waals surface area contributed by atoms with E-state index in [1.807, 2.05) is 6.92 Å². The number of esters is 1. The summed E-state index contributed by atoms with van der Waals surface area (Å²) in [7, 11) is -4.32. The van der Waals surface area contributed by atoms with Gasteiger partial charge in [-0.3, -0.25) is 9.32 Å². The van der Waals surface area contributed by atoms with Gasteiger partial charge in [0.05, 0.1) is 13.2 Å². The number of rotatable bonds is 10. The Kier molecular flexibility index (Phi) is 9.36. The van der Waals surface area contributed by atoms with E-state index in [1.165, 1.54) is 0 Å². The molecule has 0 fully saturated rings. The molecule has 0 aliphatic heterocycles. The van der Waals surface area contributed by atoms with Crippen molar-refractivity contribution in [3.05, 3.63) is 0 Å². The van der Waals surface area contributed by atoms with Gasteiger partial charge in [0, 0.05) is 6.42 Å². The predicted octanol–water partition coefficient (Wildman–Crippen LogP) is 2.00. The third kappa shape index (κ3) is 13.5. The number of unbranched alkanes of at least 4 members (excludes halogenated alkanes) is 3. The smallest absolute Gasteiger partial charge is 0.466 e. The summed E-state index contributed by atoms with van der Waals surface area (Å²) in [5.41, 5.74) is 0. The van der Waals surface area contributed by atoms with Crippen LogP contribution in [0.5, 0.6) is 0 Å². The van der Waals surface area contributed by atoms with Crippen molar-refractivity contribution < 1.29 is 28.4 Å². The van der Waals surface area contributed by atoms with Crippen molar-refractivity contribution in [3.63, 3.8) is 0 Å². The standard InChI is InChI=1S/C10H21O6P/c1-2-7-10(11)15-8-5-3-4-6-9-16-17(12,13)14/h2-9H2,1H3,(H2,12,13,14). The Morgan fingerprint density at radius 2 is 1.71 bits per heavy atom. The summed E-state index contributed by atoms with van der Waals surface area (Å²) in [6.07, 6.45) is 4.25. The zero-order valence-corrected chi connectivity index (χ0v) is 11.0. The van der Waals surface area contributed by atoms with Gasteiger partial charge < -0.3 is 14.5 Å². The highest BCUT2D eigenvalue weighted by molar-refractivity contribution is 7.46. The molecule has 0 spiro atoms. The number of carbonyl (C=O) groups is 1. The zero-order valence-electron chi connectivity index (χ0n) is 10.1. The van der Waals surface area contributed by atoms with Crippen LogP contribution < -0.4 is 0 Å². The number of ether oxygens (including phenoxy) is 1. The van der Waals surface area contributed by atoms with E-state index in [2.05, 4.69) is 4.52 Å². The summed E-state index contributed by atoms with van der Waals surface area (Å²) in [5.74, 6) is -0.169. The van der Waals surface area contributed by atoms with Gasteiger partial charge in [-0.25, -0.2) is 4.57 Å². The Morgan fingerprint density at radius 1 is 1.12 bits per heavy atom. The highest BCUT2D eigenvalue weighted by Gasteiger charge is 2.12. The summed E-state index contributed by atoms with van der Waals surface area (Å²) in [4.78, 5) is 27.8. The molecule has 0 unspecified atom stereocenters. The summed E-state index contributed by atoms with van der Waals surface area (Å²) >= 11 is 0. The summed E-state index contributed by atoms with van der Waals surface area (Å²) < 4.78 is 19.6.